The number of hydrogen-bond acceptors (Lipinski definition) is 3. The third-order valence-corrected chi connectivity index (χ3v) is 4.18. The van der Waals surface area contributed by atoms with Crippen molar-refractivity contribution in [2.24, 2.45) is 11.8 Å². The molecule has 3 heteroatoms. The summed E-state index contributed by atoms with van der Waals surface area (Å²) in [6.07, 6.45) is 6.65. The van der Waals surface area contributed by atoms with Gasteiger partial charge in [0, 0.05) is 18.8 Å². The van der Waals surface area contributed by atoms with Crippen LogP contribution in [-0.2, 0) is 0 Å². The maximum Gasteiger partial charge on any atom is 0.153 e. The van der Waals surface area contributed by atoms with Crippen molar-refractivity contribution in [1.82, 2.24) is 10.3 Å². The summed E-state index contributed by atoms with van der Waals surface area (Å²) in [5.74, 6) is 2.51. The zero-order valence-corrected chi connectivity index (χ0v) is 10.2. The first-order chi connectivity index (χ1) is 8.90. The topological polar surface area (TPSA) is 38.1 Å². The van der Waals surface area contributed by atoms with E-state index in [0.29, 0.717) is 5.92 Å². The highest BCUT2D eigenvalue weighted by atomic mass is 16.3. The highest BCUT2D eigenvalue weighted by Crippen LogP contribution is 2.40. The number of nitrogens with zero attached hydrogens (tertiary/aromatic N) is 1. The summed E-state index contributed by atoms with van der Waals surface area (Å²) in [4.78, 5) is 4.33. The number of furan rings is 1. The first kappa shape index (κ1) is 10.3. The molecule has 18 heavy (non-hydrogen) atoms. The highest BCUT2D eigenvalue weighted by molar-refractivity contribution is 5.78. The molecule has 2 aromatic rings. The van der Waals surface area contributed by atoms with Crippen LogP contribution in [0, 0.1) is 11.8 Å². The molecule has 0 spiro atoms. The van der Waals surface area contributed by atoms with E-state index in [2.05, 4.69) is 22.4 Å². The molecule has 2 atom stereocenters. The fourth-order valence-electron chi connectivity index (χ4n) is 3.20. The van der Waals surface area contributed by atoms with E-state index in [1.54, 1.807) is 0 Å². The van der Waals surface area contributed by atoms with E-state index in [1.165, 1.54) is 12.0 Å². The van der Waals surface area contributed by atoms with E-state index in [1.807, 2.05) is 18.3 Å². The fourth-order valence-corrected chi connectivity index (χ4v) is 3.20. The molecule has 0 radical (unpaired) electrons. The first-order valence-electron chi connectivity index (χ1n) is 6.66. The van der Waals surface area contributed by atoms with Crippen LogP contribution in [0.1, 0.15) is 18.6 Å². The normalized spacial score (nSPS) is 27.2. The molecule has 3 heterocycles. The maximum absolute atomic E-state index is 5.91. The molecule has 0 aromatic carbocycles. The van der Waals surface area contributed by atoms with Crippen molar-refractivity contribution in [2.45, 2.75) is 12.8 Å². The molecule has 92 valence electrons. The van der Waals surface area contributed by atoms with Gasteiger partial charge in [-0.05, 0) is 48.9 Å². The molecule has 1 saturated heterocycles. The van der Waals surface area contributed by atoms with Gasteiger partial charge in [0.2, 0.25) is 0 Å². The summed E-state index contributed by atoms with van der Waals surface area (Å²) < 4.78 is 5.91. The maximum atomic E-state index is 5.91. The molecular weight excluding hydrogens is 224 g/mol. The first-order valence-corrected chi connectivity index (χ1v) is 6.66. The van der Waals surface area contributed by atoms with Gasteiger partial charge in [-0.3, -0.25) is 4.98 Å². The molecule has 0 saturated carbocycles. The van der Waals surface area contributed by atoms with Crippen LogP contribution in [0.3, 0.4) is 0 Å². The minimum absolute atomic E-state index is 0.690. The number of fused-ring (bicyclic) bond motifs is 2. The summed E-state index contributed by atoms with van der Waals surface area (Å²) in [5.41, 5.74) is 3.22. The van der Waals surface area contributed by atoms with Gasteiger partial charge in [-0.25, -0.2) is 0 Å². The average molecular weight is 240 g/mol. The van der Waals surface area contributed by atoms with Gasteiger partial charge in [0.15, 0.2) is 5.58 Å². The van der Waals surface area contributed by atoms with Crippen LogP contribution in [0.2, 0.25) is 0 Å². The standard InChI is InChI=1S/C15H16N2O/c1-2-14-13(17-4-1)8-15(18-14)11-6-10-3-5-16-9-12(10)7-11/h1-2,4,7-8,10,12,16H,3,5-6,9H2/t10-,12-/m1/s1. The second kappa shape index (κ2) is 3.95. The smallest absolute Gasteiger partial charge is 0.153 e. The monoisotopic (exact) mass is 240 g/mol. The molecule has 2 aliphatic rings. The van der Waals surface area contributed by atoms with Gasteiger partial charge in [-0.15, -0.1) is 0 Å². The van der Waals surface area contributed by atoms with Crippen molar-refractivity contribution in [3.8, 4) is 0 Å². The Morgan fingerprint density at radius 2 is 2.39 bits per heavy atom. The van der Waals surface area contributed by atoms with E-state index < -0.39 is 0 Å². The van der Waals surface area contributed by atoms with Crippen molar-refractivity contribution >= 4 is 16.7 Å². The van der Waals surface area contributed by atoms with Gasteiger partial charge in [-0.1, -0.05) is 6.08 Å². The zero-order chi connectivity index (χ0) is 11.9. The Morgan fingerprint density at radius 1 is 1.39 bits per heavy atom. The van der Waals surface area contributed by atoms with Gasteiger partial charge >= 0.3 is 0 Å². The van der Waals surface area contributed by atoms with Crippen molar-refractivity contribution < 1.29 is 4.42 Å². The van der Waals surface area contributed by atoms with E-state index in [9.17, 15) is 0 Å². The second-order valence-electron chi connectivity index (χ2n) is 5.31. The molecule has 0 unspecified atom stereocenters. The highest BCUT2D eigenvalue weighted by Gasteiger charge is 2.31. The van der Waals surface area contributed by atoms with E-state index in [4.69, 9.17) is 4.42 Å². The quantitative estimate of drug-likeness (QED) is 0.833. The molecule has 1 aliphatic heterocycles. The SMILES string of the molecule is C1=C(c2cc3ncccc3o2)C[C@H]2CCNC[C@@H]12. The molecule has 0 amide bonds. The van der Waals surface area contributed by atoms with E-state index >= 15 is 0 Å². The number of rotatable bonds is 1. The Morgan fingerprint density at radius 3 is 3.28 bits per heavy atom. The molecule has 3 nitrogen and oxygen atoms in total. The third kappa shape index (κ3) is 1.58. The molecular formula is C15H16N2O. The Balaban J connectivity index is 1.70. The van der Waals surface area contributed by atoms with Crippen LogP contribution >= 0.6 is 0 Å². The number of piperidine rings is 1. The predicted octanol–water partition coefficient (Wildman–Crippen LogP) is 2.84. The minimum Gasteiger partial charge on any atom is -0.455 e. The number of allylic oxidation sites excluding steroid dienone is 1. The fraction of sp³-hybridized carbons (Fsp3) is 0.400. The summed E-state index contributed by atoms with van der Waals surface area (Å²) in [5, 5.41) is 3.47. The largest absolute Gasteiger partial charge is 0.455 e. The van der Waals surface area contributed by atoms with Crippen LogP contribution in [0.4, 0.5) is 0 Å². The van der Waals surface area contributed by atoms with Crippen LogP contribution in [0.5, 0.6) is 0 Å². The van der Waals surface area contributed by atoms with Crippen molar-refractivity contribution in [3.63, 3.8) is 0 Å². The Bertz CT molecular complexity index is 581. The number of hydrogen-bond donors (Lipinski definition) is 1. The van der Waals surface area contributed by atoms with Crippen LogP contribution < -0.4 is 5.32 Å². The lowest BCUT2D eigenvalue weighted by Gasteiger charge is -2.25. The third-order valence-electron chi connectivity index (χ3n) is 4.18. The number of pyridine rings is 1. The molecule has 1 aliphatic carbocycles. The lowest BCUT2D eigenvalue weighted by atomic mass is 9.89. The molecule has 2 aromatic heterocycles. The Hall–Kier alpha value is -1.61. The van der Waals surface area contributed by atoms with Crippen LogP contribution in [-0.4, -0.2) is 18.1 Å². The number of nitrogens with one attached hydrogen (secondary N) is 1. The van der Waals surface area contributed by atoms with Gasteiger partial charge < -0.3 is 9.73 Å². The lowest BCUT2D eigenvalue weighted by molar-refractivity contribution is 0.322. The lowest BCUT2D eigenvalue weighted by Crippen LogP contribution is -2.33. The molecule has 4 rings (SSSR count). The Labute approximate surface area is 106 Å². The minimum atomic E-state index is 0.690. The van der Waals surface area contributed by atoms with Crippen LogP contribution in [0.25, 0.3) is 16.7 Å². The summed E-state index contributed by atoms with van der Waals surface area (Å²) >= 11 is 0. The van der Waals surface area contributed by atoms with Gasteiger partial charge in [0.05, 0.1) is 0 Å². The van der Waals surface area contributed by atoms with Crippen molar-refractivity contribution in [3.05, 3.63) is 36.2 Å². The van der Waals surface area contributed by atoms with E-state index in [-0.39, 0.29) is 0 Å². The second-order valence-corrected chi connectivity index (χ2v) is 5.31. The summed E-state index contributed by atoms with van der Waals surface area (Å²) in [6.45, 7) is 2.27. The van der Waals surface area contributed by atoms with Gasteiger partial charge in [0.1, 0.15) is 11.3 Å². The predicted molar refractivity (Wildman–Crippen MR) is 71.1 cm³/mol. The van der Waals surface area contributed by atoms with Crippen molar-refractivity contribution in [1.29, 1.82) is 0 Å². The summed E-state index contributed by atoms with van der Waals surface area (Å²) in [7, 11) is 0. The van der Waals surface area contributed by atoms with Crippen LogP contribution in [0.15, 0.2) is 34.9 Å². The average Bonchev–Trinajstić information content (AvgIpc) is 3.02. The van der Waals surface area contributed by atoms with Gasteiger partial charge in [-0.2, -0.15) is 0 Å². The van der Waals surface area contributed by atoms with Crippen molar-refractivity contribution in [2.75, 3.05) is 13.1 Å². The zero-order valence-electron chi connectivity index (χ0n) is 10.2. The summed E-state index contributed by atoms with van der Waals surface area (Å²) in [6, 6.07) is 5.98. The van der Waals surface area contributed by atoms with E-state index in [0.717, 1.165) is 42.3 Å². The number of aromatic nitrogens is 1. The molecule has 0 bridgehead atoms. The Kier molecular flexibility index (Phi) is 2.27. The van der Waals surface area contributed by atoms with Gasteiger partial charge in [0.25, 0.3) is 0 Å². The molecule has 1 N–H and O–H groups in total. The molecule has 1 fully saturated rings.